The van der Waals surface area contributed by atoms with E-state index in [4.69, 9.17) is 9.47 Å². The molecule has 3 aromatic rings. The van der Waals surface area contributed by atoms with Gasteiger partial charge in [0.1, 0.15) is 12.4 Å². The van der Waals surface area contributed by atoms with Gasteiger partial charge in [0.2, 0.25) is 0 Å². The second kappa shape index (κ2) is 6.90. The van der Waals surface area contributed by atoms with E-state index in [2.05, 4.69) is 14.9 Å². The van der Waals surface area contributed by atoms with Crippen LogP contribution in [-0.2, 0) is 11.3 Å². The van der Waals surface area contributed by atoms with Crippen molar-refractivity contribution in [1.29, 1.82) is 0 Å². The molecule has 0 radical (unpaired) electrons. The van der Waals surface area contributed by atoms with Crippen LogP contribution in [0.5, 0.6) is 5.75 Å². The van der Waals surface area contributed by atoms with Crippen molar-refractivity contribution in [2.75, 3.05) is 31.2 Å². The lowest BCUT2D eigenvalue weighted by Crippen LogP contribution is -2.37. The van der Waals surface area contributed by atoms with Gasteiger partial charge in [0.25, 0.3) is 5.56 Å². The van der Waals surface area contributed by atoms with Crippen molar-refractivity contribution in [2.24, 2.45) is 0 Å². The summed E-state index contributed by atoms with van der Waals surface area (Å²) in [5.74, 6) is 1.23. The quantitative estimate of drug-likeness (QED) is 0.718. The van der Waals surface area contributed by atoms with Crippen LogP contribution in [0, 0.1) is 0 Å². The number of ether oxygens (including phenoxy) is 2. The van der Waals surface area contributed by atoms with Gasteiger partial charge in [-0.15, -0.1) is 0 Å². The van der Waals surface area contributed by atoms with Crippen molar-refractivity contribution in [2.45, 2.75) is 6.61 Å². The van der Waals surface area contributed by atoms with Crippen molar-refractivity contribution in [3.63, 3.8) is 0 Å². The molecule has 0 aromatic carbocycles. The summed E-state index contributed by atoms with van der Waals surface area (Å²) in [6, 6.07) is 8.96. The molecular formula is C18H18N4O3. The van der Waals surface area contributed by atoms with Gasteiger partial charge in [0.15, 0.2) is 11.4 Å². The Morgan fingerprint density at radius 2 is 2.08 bits per heavy atom. The van der Waals surface area contributed by atoms with Gasteiger partial charge >= 0.3 is 0 Å². The second-order valence-corrected chi connectivity index (χ2v) is 5.77. The number of rotatable bonds is 4. The molecule has 128 valence electrons. The highest BCUT2D eigenvalue weighted by molar-refractivity contribution is 5.57. The molecule has 7 nitrogen and oxygen atoms in total. The van der Waals surface area contributed by atoms with Gasteiger partial charge in [-0.1, -0.05) is 6.07 Å². The molecule has 0 amide bonds. The van der Waals surface area contributed by atoms with Crippen LogP contribution in [0.15, 0.2) is 53.7 Å². The summed E-state index contributed by atoms with van der Waals surface area (Å²) in [7, 11) is 0. The van der Waals surface area contributed by atoms with Crippen LogP contribution in [0.25, 0.3) is 5.65 Å². The number of aromatic nitrogens is 3. The molecule has 4 heterocycles. The maximum Gasteiger partial charge on any atom is 0.260 e. The zero-order valence-corrected chi connectivity index (χ0v) is 13.7. The molecule has 0 atom stereocenters. The van der Waals surface area contributed by atoms with E-state index in [1.54, 1.807) is 30.7 Å². The molecule has 0 bridgehead atoms. The molecule has 25 heavy (non-hydrogen) atoms. The minimum Gasteiger partial charge on any atom is -0.485 e. The van der Waals surface area contributed by atoms with Gasteiger partial charge < -0.3 is 14.4 Å². The molecule has 0 unspecified atom stereocenters. The molecule has 0 aliphatic carbocycles. The number of hydrogen-bond donors (Lipinski definition) is 0. The first-order chi connectivity index (χ1) is 12.3. The Morgan fingerprint density at radius 3 is 2.88 bits per heavy atom. The largest absolute Gasteiger partial charge is 0.485 e. The normalized spacial score (nSPS) is 14.6. The van der Waals surface area contributed by atoms with E-state index in [1.165, 1.54) is 4.40 Å². The van der Waals surface area contributed by atoms with Crippen molar-refractivity contribution in [3.8, 4) is 5.75 Å². The van der Waals surface area contributed by atoms with Crippen LogP contribution >= 0.6 is 0 Å². The minimum absolute atomic E-state index is 0.127. The topological polar surface area (TPSA) is 69.0 Å². The SMILES string of the molecule is O=c1cc(N2CCOCC2)nc2c(OCc3cccnc3)cccn12. The molecule has 3 aromatic heterocycles. The summed E-state index contributed by atoms with van der Waals surface area (Å²) in [4.78, 5) is 23.3. The second-order valence-electron chi connectivity index (χ2n) is 5.77. The van der Waals surface area contributed by atoms with Crippen LogP contribution in [0.1, 0.15) is 5.56 Å². The Kier molecular flexibility index (Phi) is 4.30. The number of nitrogens with zero attached hydrogens (tertiary/aromatic N) is 4. The highest BCUT2D eigenvalue weighted by Crippen LogP contribution is 2.20. The van der Waals surface area contributed by atoms with Crippen molar-refractivity contribution >= 4 is 11.5 Å². The third kappa shape index (κ3) is 3.32. The molecular weight excluding hydrogens is 320 g/mol. The number of anilines is 1. The first-order valence-electron chi connectivity index (χ1n) is 8.18. The molecule has 1 fully saturated rings. The average molecular weight is 338 g/mol. The highest BCUT2D eigenvalue weighted by atomic mass is 16.5. The molecule has 0 spiro atoms. The number of fused-ring (bicyclic) bond motifs is 1. The molecule has 4 rings (SSSR count). The van der Waals surface area contributed by atoms with E-state index in [9.17, 15) is 4.79 Å². The van der Waals surface area contributed by atoms with Gasteiger partial charge in [-0.3, -0.25) is 14.2 Å². The maximum absolute atomic E-state index is 12.5. The zero-order valence-electron chi connectivity index (χ0n) is 13.7. The lowest BCUT2D eigenvalue weighted by Gasteiger charge is -2.27. The molecule has 1 aliphatic rings. The standard InChI is InChI=1S/C18H18N4O3/c23-17-11-16(21-7-9-24-10-8-21)20-18-15(4-2-6-22(17)18)25-13-14-3-1-5-19-12-14/h1-6,11-12H,7-10,13H2. The van der Waals surface area contributed by atoms with Crippen LogP contribution in [0.3, 0.4) is 0 Å². The number of morpholine rings is 1. The maximum atomic E-state index is 12.5. The van der Waals surface area contributed by atoms with E-state index in [1.807, 2.05) is 18.2 Å². The Morgan fingerprint density at radius 1 is 1.20 bits per heavy atom. The highest BCUT2D eigenvalue weighted by Gasteiger charge is 2.15. The van der Waals surface area contributed by atoms with Gasteiger partial charge in [0.05, 0.1) is 13.2 Å². The van der Waals surface area contributed by atoms with Gasteiger partial charge in [-0.05, 0) is 18.2 Å². The summed E-state index contributed by atoms with van der Waals surface area (Å²) in [6.07, 6.45) is 5.17. The van der Waals surface area contributed by atoms with Crippen LogP contribution < -0.4 is 15.2 Å². The van der Waals surface area contributed by atoms with E-state index in [0.29, 0.717) is 37.0 Å². The third-order valence-corrected chi connectivity index (χ3v) is 4.09. The van der Waals surface area contributed by atoms with Crippen LogP contribution in [-0.4, -0.2) is 40.7 Å². The smallest absolute Gasteiger partial charge is 0.260 e. The van der Waals surface area contributed by atoms with Gasteiger partial charge in [-0.25, -0.2) is 4.98 Å². The fraction of sp³-hybridized carbons (Fsp3) is 0.278. The molecule has 1 saturated heterocycles. The Balaban J connectivity index is 1.68. The molecule has 0 saturated carbocycles. The average Bonchev–Trinajstić information content (AvgIpc) is 2.68. The number of pyridine rings is 2. The van der Waals surface area contributed by atoms with E-state index >= 15 is 0 Å². The predicted molar refractivity (Wildman–Crippen MR) is 93.1 cm³/mol. The first-order valence-corrected chi connectivity index (χ1v) is 8.18. The lowest BCUT2D eigenvalue weighted by molar-refractivity contribution is 0.122. The summed E-state index contributed by atoms with van der Waals surface area (Å²) < 4.78 is 12.8. The van der Waals surface area contributed by atoms with E-state index in [0.717, 1.165) is 18.7 Å². The number of hydrogen-bond acceptors (Lipinski definition) is 6. The monoisotopic (exact) mass is 338 g/mol. The summed E-state index contributed by atoms with van der Waals surface area (Å²) in [5.41, 5.74) is 1.34. The Labute approximate surface area is 144 Å². The van der Waals surface area contributed by atoms with Crippen LogP contribution in [0.2, 0.25) is 0 Å². The molecule has 7 heteroatoms. The fourth-order valence-corrected chi connectivity index (χ4v) is 2.80. The molecule has 1 aliphatic heterocycles. The summed E-state index contributed by atoms with van der Waals surface area (Å²) in [5, 5.41) is 0. The van der Waals surface area contributed by atoms with E-state index < -0.39 is 0 Å². The fourth-order valence-electron chi connectivity index (χ4n) is 2.80. The lowest BCUT2D eigenvalue weighted by atomic mass is 10.3. The Hall–Kier alpha value is -2.93. The van der Waals surface area contributed by atoms with Gasteiger partial charge in [0, 0.05) is 43.3 Å². The Bertz CT molecular complexity index is 921. The van der Waals surface area contributed by atoms with Crippen molar-refractivity contribution in [1.82, 2.24) is 14.4 Å². The van der Waals surface area contributed by atoms with Crippen molar-refractivity contribution in [3.05, 3.63) is 64.8 Å². The predicted octanol–water partition coefficient (Wildman–Crippen LogP) is 1.51. The summed E-state index contributed by atoms with van der Waals surface area (Å²) in [6.45, 7) is 3.09. The zero-order chi connectivity index (χ0) is 17.1. The van der Waals surface area contributed by atoms with Crippen LogP contribution in [0.4, 0.5) is 5.82 Å². The first kappa shape index (κ1) is 15.6. The van der Waals surface area contributed by atoms with Gasteiger partial charge in [-0.2, -0.15) is 0 Å². The molecule has 0 N–H and O–H groups in total. The van der Waals surface area contributed by atoms with Crippen molar-refractivity contribution < 1.29 is 9.47 Å². The third-order valence-electron chi connectivity index (χ3n) is 4.09. The summed E-state index contributed by atoms with van der Waals surface area (Å²) >= 11 is 0. The minimum atomic E-state index is -0.127. The van der Waals surface area contributed by atoms with E-state index in [-0.39, 0.29) is 5.56 Å².